The van der Waals surface area contributed by atoms with Crippen LogP contribution in [0, 0.1) is 5.82 Å². The monoisotopic (exact) mass is 425 g/mol. The van der Waals surface area contributed by atoms with Crippen molar-refractivity contribution < 1.29 is 14.3 Å². The Morgan fingerprint density at radius 1 is 1.20 bits per heavy atom. The minimum atomic E-state index is -0.501. The van der Waals surface area contributed by atoms with Crippen LogP contribution in [0.15, 0.2) is 61.1 Å². The molecular weight excluding hydrogens is 409 g/mol. The van der Waals surface area contributed by atoms with Gasteiger partial charge in [0.2, 0.25) is 0 Å². The van der Waals surface area contributed by atoms with Gasteiger partial charge in [0.25, 0.3) is 5.91 Å². The van der Waals surface area contributed by atoms with Crippen molar-refractivity contribution in [2.24, 2.45) is 0 Å². The summed E-state index contributed by atoms with van der Waals surface area (Å²) in [5, 5.41) is 14.6. The minimum absolute atomic E-state index is 0.00673. The molecule has 0 bridgehead atoms. The Morgan fingerprint density at radius 3 is 2.87 bits per heavy atom. The molecule has 0 atom stereocenters. The third-order valence-corrected chi connectivity index (χ3v) is 4.72. The fraction of sp³-hybridized carbons (Fsp3) is 0.0952. The van der Waals surface area contributed by atoms with Crippen molar-refractivity contribution in [3.8, 4) is 11.3 Å². The standard InChI is InChI=1S/C21H17ClFN5O2/c22-16-11-15(4-5-17(16)23)27-19-20-26-12-18(28(20)8-6-24-19)13-2-1-3-14(10-13)21(30)25-7-9-29/h1-6,8,10-12,29H,7,9H2,(H,24,27)(H,25,30). The van der Waals surface area contributed by atoms with Gasteiger partial charge in [-0.15, -0.1) is 0 Å². The largest absolute Gasteiger partial charge is 0.395 e. The summed E-state index contributed by atoms with van der Waals surface area (Å²) in [7, 11) is 0. The topological polar surface area (TPSA) is 91.5 Å². The van der Waals surface area contributed by atoms with Crippen molar-refractivity contribution >= 4 is 34.7 Å². The smallest absolute Gasteiger partial charge is 0.251 e. The molecule has 2 aromatic heterocycles. The number of halogens is 2. The predicted molar refractivity (Wildman–Crippen MR) is 113 cm³/mol. The minimum Gasteiger partial charge on any atom is -0.395 e. The Bertz CT molecular complexity index is 1230. The first kappa shape index (κ1) is 19.8. The van der Waals surface area contributed by atoms with Crippen LogP contribution in [0.4, 0.5) is 15.9 Å². The molecule has 1 amide bonds. The Kier molecular flexibility index (Phi) is 5.60. The third kappa shape index (κ3) is 3.96. The first-order chi connectivity index (χ1) is 14.6. The van der Waals surface area contributed by atoms with Crippen molar-refractivity contribution in [2.45, 2.75) is 0 Å². The molecule has 0 aliphatic carbocycles. The van der Waals surface area contributed by atoms with Crippen LogP contribution in [0.2, 0.25) is 5.02 Å². The Labute approximate surface area is 176 Å². The first-order valence-corrected chi connectivity index (χ1v) is 9.48. The normalized spacial score (nSPS) is 10.9. The number of hydrogen-bond donors (Lipinski definition) is 3. The van der Waals surface area contributed by atoms with Crippen molar-refractivity contribution in [1.82, 2.24) is 19.7 Å². The van der Waals surface area contributed by atoms with E-state index in [4.69, 9.17) is 16.7 Å². The van der Waals surface area contributed by atoms with Crippen LogP contribution in [-0.2, 0) is 0 Å². The van der Waals surface area contributed by atoms with Crippen LogP contribution in [0.3, 0.4) is 0 Å². The number of rotatable bonds is 6. The zero-order valence-electron chi connectivity index (χ0n) is 15.6. The fourth-order valence-corrected chi connectivity index (χ4v) is 3.20. The quantitative estimate of drug-likeness (QED) is 0.438. The summed E-state index contributed by atoms with van der Waals surface area (Å²) < 4.78 is 15.2. The number of benzene rings is 2. The average Bonchev–Trinajstić information content (AvgIpc) is 3.20. The van der Waals surface area contributed by atoms with Crippen LogP contribution >= 0.6 is 11.6 Å². The van der Waals surface area contributed by atoms with E-state index in [1.807, 2.05) is 10.5 Å². The zero-order chi connectivity index (χ0) is 21.1. The van der Waals surface area contributed by atoms with Crippen molar-refractivity contribution in [3.05, 3.63) is 77.5 Å². The van der Waals surface area contributed by atoms with Crippen LogP contribution < -0.4 is 10.6 Å². The summed E-state index contributed by atoms with van der Waals surface area (Å²) in [6.07, 6.45) is 5.06. The van der Waals surface area contributed by atoms with E-state index in [0.717, 1.165) is 11.3 Å². The number of carbonyl (C=O) groups excluding carboxylic acids is 1. The fourth-order valence-electron chi connectivity index (χ4n) is 3.02. The number of aromatic nitrogens is 3. The van der Waals surface area contributed by atoms with Crippen LogP contribution in [0.5, 0.6) is 0 Å². The van der Waals surface area contributed by atoms with Crippen LogP contribution in [0.1, 0.15) is 10.4 Å². The second-order valence-electron chi connectivity index (χ2n) is 6.43. The molecule has 4 rings (SSSR count). The van der Waals surface area contributed by atoms with Crippen LogP contribution in [0.25, 0.3) is 16.9 Å². The third-order valence-electron chi connectivity index (χ3n) is 4.43. The van der Waals surface area contributed by atoms with Gasteiger partial charge in [-0.05, 0) is 30.3 Å². The van der Waals surface area contributed by atoms with Gasteiger partial charge >= 0.3 is 0 Å². The van der Waals surface area contributed by atoms with E-state index in [9.17, 15) is 9.18 Å². The number of aliphatic hydroxyl groups excluding tert-OH is 1. The summed E-state index contributed by atoms with van der Waals surface area (Å²) in [6, 6.07) is 11.4. The lowest BCUT2D eigenvalue weighted by atomic mass is 10.1. The maximum absolute atomic E-state index is 13.4. The van der Waals surface area contributed by atoms with Gasteiger partial charge in [-0.25, -0.2) is 14.4 Å². The van der Waals surface area contributed by atoms with Gasteiger partial charge < -0.3 is 15.7 Å². The molecule has 2 heterocycles. The highest BCUT2D eigenvalue weighted by molar-refractivity contribution is 6.31. The average molecular weight is 426 g/mol. The zero-order valence-corrected chi connectivity index (χ0v) is 16.4. The van der Waals surface area contributed by atoms with E-state index in [0.29, 0.717) is 22.7 Å². The van der Waals surface area contributed by atoms with E-state index in [-0.39, 0.29) is 24.1 Å². The Hall–Kier alpha value is -3.49. The van der Waals surface area contributed by atoms with E-state index in [1.54, 1.807) is 42.9 Å². The molecule has 9 heteroatoms. The van der Waals surface area contributed by atoms with Gasteiger partial charge in [0.1, 0.15) is 5.82 Å². The van der Waals surface area contributed by atoms with Gasteiger partial charge in [0.15, 0.2) is 11.5 Å². The number of imidazole rings is 1. The number of carbonyl (C=O) groups is 1. The van der Waals surface area contributed by atoms with Crippen LogP contribution in [-0.4, -0.2) is 38.5 Å². The maximum atomic E-state index is 13.4. The summed E-state index contributed by atoms with van der Waals surface area (Å²) in [6.45, 7) is 0.0630. The molecule has 30 heavy (non-hydrogen) atoms. The highest BCUT2D eigenvalue weighted by Gasteiger charge is 2.13. The molecule has 7 nitrogen and oxygen atoms in total. The number of amides is 1. The van der Waals surface area contributed by atoms with E-state index >= 15 is 0 Å². The highest BCUT2D eigenvalue weighted by Crippen LogP contribution is 2.27. The lowest BCUT2D eigenvalue weighted by molar-refractivity contribution is 0.0945. The molecule has 0 fully saturated rings. The second kappa shape index (κ2) is 8.48. The van der Waals surface area contributed by atoms with Gasteiger partial charge in [-0.2, -0.15) is 0 Å². The molecule has 0 saturated heterocycles. The number of hydrogen-bond acceptors (Lipinski definition) is 5. The number of anilines is 2. The summed E-state index contributed by atoms with van der Waals surface area (Å²) in [4.78, 5) is 21.0. The summed E-state index contributed by atoms with van der Waals surface area (Å²) in [5.74, 6) is -0.292. The Balaban J connectivity index is 1.68. The number of aliphatic hydroxyl groups is 1. The van der Waals surface area contributed by atoms with E-state index in [1.165, 1.54) is 12.1 Å². The lowest BCUT2D eigenvalue weighted by Gasteiger charge is -2.09. The molecule has 0 unspecified atom stereocenters. The molecule has 3 N–H and O–H groups in total. The summed E-state index contributed by atoms with van der Waals surface area (Å²) in [5.41, 5.74) is 3.17. The number of nitrogens with one attached hydrogen (secondary N) is 2. The van der Waals surface area contributed by atoms with E-state index < -0.39 is 5.82 Å². The second-order valence-corrected chi connectivity index (χ2v) is 6.83. The molecular formula is C21H17ClFN5O2. The molecule has 0 aliphatic rings. The lowest BCUT2D eigenvalue weighted by Crippen LogP contribution is -2.26. The van der Waals surface area contributed by atoms with Crippen molar-refractivity contribution in [1.29, 1.82) is 0 Å². The molecule has 0 spiro atoms. The molecule has 152 valence electrons. The van der Waals surface area contributed by atoms with Gasteiger partial charge in [0, 0.05) is 35.8 Å². The number of fused-ring (bicyclic) bond motifs is 1. The van der Waals surface area contributed by atoms with Crippen molar-refractivity contribution in [2.75, 3.05) is 18.5 Å². The summed E-state index contributed by atoms with van der Waals surface area (Å²) >= 11 is 5.85. The predicted octanol–water partition coefficient (Wildman–Crippen LogP) is 3.65. The first-order valence-electron chi connectivity index (χ1n) is 9.10. The van der Waals surface area contributed by atoms with Gasteiger partial charge in [-0.3, -0.25) is 9.20 Å². The molecule has 2 aromatic carbocycles. The highest BCUT2D eigenvalue weighted by atomic mass is 35.5. The maximum Gasteiger partial charge on any atom is 0.251 e. The molecule has 0 radical (unpaired) electrons. The van der Waals surface area contributed by atoms with Crippen molar-refractivity contribution in [3.63, 3.8) is 0 Å². The SMILES string of the molecule is O=C(NCCO)c1cccc(-c2cnc3c(Nc4ccc(F)c(Cl)c4)nccn23)c1. The number of nitrogens with zero attached hydrogens (tertiary/aromatic N) is 3. The van der Waals surface area contributed by atoms with Gasteiger partial charge in [0.05, 0.1) is 23.5 Å². The molecule has 0 aliphatic heterocycles. The Morgan fingerprint density at radius 2 is 2.07 bits per heavy atom. The van der Waals surface area contributed by atoms with Gasteiger partial charge in [-0.1, -0.05) is 23.7 Å². The van der Waals surface area contributed by atoms with E-state index in [2.05, 4.69) is 20.6 Å². The molecule has 4 aromatic rings. The molecule has 0 saturated carbocycles.